The molecule has 0 radical (unpaired) electrons. The highest BCUT2D eigenvalue weighted by Crippen LogP contribution is 2.33. The lowest BCUT2D eigenvalue weighted by molar-refractivity contribution is -0.108. The van der Waals surface area contributed by atoms with E-state index in [4.69, 9.17) is 10.5 Å². The molecule has 1 saturated heterocycles. The molecule has 1 heterocycles. The minimum atomic E-state index is -0.0153. The molecule has 0 saturated carbocycles. The van der Waals surface area contributed by atoms with Crippen molar-refractivity contribution in [2.45, 2.75) is 39.2 Å². The lowest BCUT2D eigenvalue weighted by atomic mass is 9.80. The molecule has 1 aliphatic rings. The first-order valence-corrected chi connectivity index (χ1v) is 4.28. The van der Waals surface area contributed by atoms with Crippen LogP contribution in [0.15, 0.2) is 0 Å². The van der Waals surface area contributed by atoms with E-state index in [1.165, 1.54) is 6.42 Å². The highest BCUT2D eigenvalue weighted by molar-refractivity contribution is 4.84. The topological polar surface area (TPSA) is 35.2 Å². The molecule has 1 fully saturated rings. The molecule has 0 aromatic heterocycles. The van der Waals surface area contributed by atoms with Gasteiger partial charge in [0.1, 0.15) is 0 Å². The van der Waals surface area contributed by atoms with E-state index in [1.54, 1.807) is 0 Å². The van der Waals surface area contributed by atoms with Gasteiger partial charge >= 0.3 is 0 Å². The molecule has 0 unspecified atom stereocenters. The maximum Gasteiger partial charge on any atom is 0.0542 e. The van der Waals surface area contributed by atoms with Gasteiger partial charge in [-0.05, 0) is 26.7 Å². The standard InChI is InChI=1S/C9H19NO/c1-8(2,10)4-5-9(3)6-11-7-9/h4-7,10H2,1-3H3. The molecule has 0 bridgehead atoms. The molecule has 0 amide bonds. The summed E-state index contributed by atoms with van der Waals surface area (Å²) in [4.78, 5) is 0. The van der Waals surface area contributed by atoms with E-state index in [9.17, 15) is 0 Å². The van der Waals surface area contributed by atoms with Crippen LogP contribution in [0.5, 0.6) is 0 Å². The minimum absolute atomic E-state index is 0.0153. The van der Waals surface area contributed by atoms with Crippen molar-refractivity contribution in [1.29, 1.82) is 0 Å². The van der Waals surface area contributed by atoms with E-state index >= 15 is 0 Å². The summed E-state index contributed by atoms with van der Waals surface area (Å²) in [6, 6.07) is 0. The number of nitrogens with two attached hydrogens (primary N) is 1. The van der Waals surface area contributed by atoms with Crippen molar-refractivity contribution in [2.24, 2.45) is 11.1 Å². The summed E-state index contributed by atoms with van der Waals surface area (Å²) in [5.74, 6) is 0. The predicted molar refractivity (Wildman–Crippen MR) is 46.4 cm³/mol. The van der Waals surface area contributed by atoms with Crippen LogP contribution in [0.2, 0.25) is 0 Å². The van der Waals surface area contributed by atoms with Gasteiger partial charge < -0.3 is 10.5 Å². The van der Waals surface area contributed by atoms with Crippen LogP contribution in [-0.4, -0.2) is 18.8 Å². The monoisotopic (exact) mass is 157 g/mol. The van der Waals surface area contributed by atoms with Gasteiger partial charge in [-0.15, -0.1) is 0 Å². The van der Waals surface area contributed by atoms with E-state index in [1.807, 2.05) is 0 Å². The molecular formula is C9H19NO. The fourth-order valence-electron chi connectivity index (χ4n) is 1.22. The number of ether oxygens (including phenoxy) is 1. The zero-order valence-corrected chi connectivity index (χ0v) is 7.81. The lowest BCUT2D eigenvalue weighted by Crippen LogP contribution is -2.42. The highest BCUT2D eigenvalue weighted by Gasteiger charge is 2.33. The second-order valence-electron chi connectivity index (χ2n) is 4.79. The normalized spacial score (nSPS) is 22.9. The number of rotatable bonds is 3. The largest absolute Gasteiger partial charge is 0.380 e. The van der Waals surface area contributed by atoms with Gasteiger partial charge in [0.05, 0.1) is 13.2 Å². The molecule has 0 atom stereocenters. The van der Waals surface area contributed by atoms with Crippen LogP contribution in [-0.2, 0) is 4.74 Å². The van der Waals surface area contributed by atoms with Crippen molar-refractivity contribution < 1.29 is 4.74 Å². The molecule has 1 rings (SSSR count). The second-order valence-corrected chi connectivity index (χ2v) is 4.79. The lowest BCUT2D eigenvalue weighted by Gasteiger charge is -2.39. The Morgan fingerprint density at radius 3 is 2.27 bits per heavy atom. The maximum absolute atomic E-state index is 5.88. The van der Waals surface area contributed by atoms with Crippen molar-refractivity contribution in [2.75, 3.05) is 13.2 Å². The summed E-state index contributed by atoms with van der Waals surface area (Å²) in [5.41, 5.74) is 6.29. The second kappa shape index (κ2) is 2.76. The Morgan fingerprint density at radius 1 is 1.45 bits per heavy atom. The van der Waals surface area contributed by atoms with Gasteiger partial charge in [-0.2, -0.15) is 0 Å². The Balaban J connectivity index is 2.21. The summed E-state index contributed by atoms with van der Waals surface area (Å²) in [6.45, 7) is 8.26. The van der Waals surface area contributed by atoms with E-state index in [0.29, 0.717) is 5.41 Å². The molecule has 0 aromatic rings. The molecular weight excluding hydrogens is 138 g/mol. The fraction of sp³-hybridized carbons (Fsp3) is 1.00. The zero-order valence-electron chi connectivity index (χ0n) is 7.81. The third-order valence-electron chi connectivity index (χ3n) is 2.27. The van der Waals surface area contributed by atoms with Gasteiger partial charge in [0.2, 0.25) is 0 Å². The number of hydrogen-bond acceptors (Lipinski definition) is 2. The summed E-state index contributed by atoms with van der Waals surface area (Å²) in [6.07, 6.45) is 2.28. The summed E-state index contributed by atoms with van der Waals surface area (Å²) >= 11 is 0. The van der Waals surface area contributed by atoms with Crippen LogP contribution < -0.4 is 5.73 Å². The van der Waals surface area contributed by atoms with Crippen molar-refractivity contribution in [1.82, 2.24) is 0 Å². The minimum Gasteiger partial charge on any atom is -0.380 e. The van der Waals surface area contributed by atoms with Crippen LogP contribution in [0, 0.1) is 5.41 Å². The first-order chi connectivity index (χ1) is 4.91. The quantitative estimate of drug-likeness (QED) is 0.674. The smallest absolute Gasteiger partial charge is 0.0542 e. The Hall–Kier alpha value is -0.0800. The van der Waals surface area contributed by atoms with E-state index < -0.39 is 0 Å². The molecule has 2 nitrogen and oxygen atoms in total. The number of hydrogen-bond donors (Lipinski definition) is 1. The van der Waals surface area contributed by atoms with Crippen LogP contribution in [0.4, 0.5) is 0 Å². The van der Waals surface area contributed by atoms with Crippen molar-refractivity contribution >= 4 is 0 Å². The average molecular weight is 157 g/mol. The van der Waals surface area contributed by atoms with E-state index in [2.05, 4.69) is 20.8 Å². The third-order valence-corrected chi connectivity index (χ3v) is 2.27. The predicted octanol–water partition coefficient (Wildman–Crippen LogP) is 1.54. The molecule has 0 spiro atoms. The van der Waals surface area contributed by atoms with E-state index in [-0.39, 0.29) is 5.54 Å². The van der Waals surface area contributed by atoms with Gasteiger partial charge in [-0.25, -0.2) is 0 Å². The molecule has 0 aromatic carbocycles. The molecule has 66 valence electrons. The van der Waals surface area contributed by atoms with Crippen LogP contribution in [0.1, 0.15) is 33.6 Å². The van der Waals surface area contributed by atoms with Gasteiger partial charge in [0.15, 0.2) is 0 Å². The van der Waals surface area contributed by atoms with Crippen LogP contribution >= 0.6 is 0 Å². The third kappa shape index (κ3) is 2.80. The zero-order chi connectivity index (χ0) is 8.54. The molecule has 2 heteroatoms. The van der Waals surface area contributed by atoms with Crippen LogP contribution in [0.3, 0.4) is 0 Å². The van der Waals surface area contributed by atoms with Crippen molar-refractivity contribution in [3.63, 3.8) is 0 Å². The molecule has 2 N–H and O–H groups in total. The van der Waals surface area contributed by atoms with Crippen LogP contribution in [0.25, 0.3) is 0 Å². The molecule has 1 aliphatic heterocycles. The van der Waals surface area contributed by atoms with Gasteiger partial charge in [0, 0.05) is 11.0 Å². The molecule has 11 heavy (non-hydrogen) atoms. The summed E-state index contributed by atoms with van der Waals surface area (Å²) in [5, 5.41) is 0. The molecule has 0 aliphatic carbocycles. The SMILES string of the molecule is CC(C)(N)CCC1(C)COC1. The average Bonchev–Trinajstić information content (AvgIpc) is 1.77. The summed E-state index contributed by atoms with van der Waals surface area (Å²) < 4.78 is 5.16. The summed E-state index contributed by atoms with van der Waals surface area (Å²) in [7, 11) is 0. The first kappa shape index (κ1) is 9.01. The Kier molecular flexibility index (Phi) is 2.26. The first-order valence-electron chi connectivity index (χ1n) is 4.28. The fourth-order valence-corrected chi connectivity index (χ4v) is 1.22. The van der Waals surface area contributed by atoms with Crippen molar-refractivity contribution in [3.05, 3.63) is 0 Å². The Morgan fingerprint density at radius 2 is 2.00 bits per heavy atom. The van der Waals surface area contributed by atoms with Gasteiger partial charge in [0.25, 0.3) is 0 Å². The van der Waals surface area contributed by atoms with Crippen molar-refractivity contribution in [3.8, 4) is 0 Å². The van der Waals surface area contributed by atoms with E-state index in [0.717, 1.165) is 19.6 Å². The Labute approximate surface area is 69.1 Å². The van der Waals surface area contributed by atoms with Gasteiger partial charge in [-0.1, -0.05) is 6.92 Å². The highest BCUT2D eigenvalue weighted by atomic mass is 16.5. The van der Waals surface area contributed by atoms with Gasteiger partial charge in [-0.3, -0.25) is 0 Å². The maximum atomic E-state index is 5.88. The Bertz CT molecular complexity index is 133.